The van der Waals surface area contributed by atoms with Crippen LogP contribution >= 0.6 is 11.6 Å². The normalized spacial score (nSPS) is 10.6. The lowest BCUT2D eigenvalue weighted by Gasteiger charge is -1.98. The summed E-state index contributed by atoms with van der Waals surface area (Å²) in [4.78, 5) is 0. The molecule has 0 amide bonds. The molecule has 0 saturated carbocycles. The van der Waals surface area contributed by atoms with E-state index in [0.717, 1.165) is 11.1 Å². The highest BCUT2D eigenvalue weighted by atomic mass is 35.5. The maximum absolute atomic E-state index is 5.60. The zero-order chi connectivity index (χ0) is 9.44. The van der Waals surface area contributed by atoms with Crippen LogP contribution in [0, 0.1) is 0 Å². The third-order valence-corrected chi connectivity index (χ3v) is 1.59. The summed E-state index contributed by atoms with van der Waals surface area (Å²) in [6.07, 6.45) is 1.77. The minimum Gasteiger partial charge on any atom is -0.0988 e. The van der Waals surface area contributed by atoms with Crippen LogP contribution in [0.15, 0.2) is 35.4 Å². The minimum atomic E-state index is 0.590. The molecule has 0 nitrogen and oxygen atoms in total. The molecule has 0 aromatic heterocycles. The van der Waals surface area contributed by atoms with E-state index >= 15 is 0 Å². The van der Waals surface area contributed by atoms with Crippen LogP contribution < -0.4 is 0 Å². The van der Waals surface area contributed by atoms with Crippen LogP contribution in [-0.4, -0.2) is 0 Å². The standard InChI is InChI=1S/C8H11Cl.C2H6/c1-5-6(2)7(3)8(4)9;1-2/h5H,1,4H2,2-3H3;1-2H3/b7-6-;. The largest absolute Gasteiger partial charge is 0.0988 e. The molecule has 0 rings (SSSR count). The van der Waals surface area contributed by atoms with E-state index in [-0.39, 0.29) is 0 Å². The van der Waals surface area contributed by atoms with Crippen molar-refractivity contribution >= 4 is 11.6 Å². The Balaban J connectivity index is 0. The number of hydrogen-bond acceptors (Lipinski definition) is 0. The van der Waals surface area contributed by atoms with Gasteiger partial charge in [0.25, 0.3) is 0 Å². The fourth-order valence-electron chi connectivity index (χ4n) is 0.367. The first-order valence-corrected chi connectivity index (χ1v) is 4.12. The van der Waals surface area contributed by atoms with Gasteiger partial charge >= 0.3 is 0 Å². The van der Waals surface area contributed by atoms with Gasteiger partial charge in [-0.3, -0.25) is 0 Å². The van der Waals surface area contributed by atoms with Crippen molar-refractivity contribution in [1.82, 2.24) is 0 Å². The Hall–Kier alpha value is -0.490. The first kappa shape index (κ1) is 13.1. The van der Waals surface area contributed by atoms with E-state index in [0.29, 0.717) is 5.03 Å². The van der Waals surface area contributed by atoms with Crippen LogP contribution in [0.3, 0.4) is 0 Å². The van der Waals surface area contributed by atoms with E-state index in [1.165, 1.54) is 0 Å². The molecule has 11 heavy (non-hydrogen) atoms. The van der Waals surface area contributed by atoms with Gasteiger partial charge < -0.3 is 0 Å². The predicted molar refractivity (Wildman–Crippen MR) is 54.9 cm³/mol. The zero-order valence-corrected chi connectivity index (χ0v) is 8.63. The van der Waals surface area contributed by atoms with Crippen LogP contribution in [0.2, 0.25) is 0 Å². The molecule has 0 heterocycles. The van der Waals surface area contributed by atoms with E-state index in [1.54, 1.807) is 6.08 Å². The molecule has 0 N–H and O–H groups in total. The van der Waals surface area contributed by atoms with Gasteiger partial charge in [-0.05, 0) is 25.0 Å². The zero-order valence-electron chi connectivity index (χ0n) is 7.87. The second kappa shape index (κ2) is 7.62. The fraction of sp³-hybridized carbons (Fsp3) is 0.400. The van der Waals surface area contributed by atoms with Crippen molar-refractivity contribution in [3.05, 3.63) is 35.4 Å². The molecule has 0 saturated heterocycles. The van der Waals surface area contributed by atoms with Crippen molar-refractivity contribution in [3.8, 4) is 0 Å². The summed E-state index contributed by atoms with van der Waals surface area (Å²) < 4.78 is 0. The lowest BCUT2D eigenvalue weighted by atomic mass is 10.1. The second-order valence-electron chi connectivity index (χ2n) is 1.92. The number of hydrogen-bond donors (Lipinski definition) is 0. The average molecular weight is 173 g/mol. The second-order valence-corrected chi connectivity index (χ2v) is 2.37. The third-order valence-electron chi connectivity index (χ3n) is 1.30. The van der Waals surface area contributed by atoms with Crippen LogP contribution in [0.4, 0.5) is 0 Å². The molecule has 1 heteroatoms. The molecule has 0 aliphatic heterocycles. The highest BCUT2D eigenvalue weighted by molar-refractivity contribution is 6.31. The van der Waals surface area contributed by atoms with Gasteiger partial charge in [0.2, 0.25) is 0 Å². The van der Waals surface area contributed by atoms with E-state index in [2.05, 4.69) is 13.2 Å². The SMILES string of the molecule is C=C/C(C)=C(/C)C(=C)Cl.CC. The van der Waals surface area contributed by atoms with Crippen molar-refractivity contribution in [2.75, 3.05) is 0 Å². The summed E-state index contributed by atoms with van der Waals surface area (Å²) in [7, 11) is 0. The van der Waals surface area contributed by atoms with Crippen molar-refractivity contribution in [2.45, 2.75) is 27.7 Å². The quantitative estimate of drug-likeness (QED) is 0.546. The summed E-state index contributed by atoms with van der Waals surface area (Å²) >= 11 is 5.60. The minimum absolute atomic E-state index is 0.590. The lowest BCUT2D eigenvalue weighted by Crippen LogP contribution is -1.77. The van der Waals surface area contributed by atoms with Crippen molar-refractivity contribution in [3.63, 3.8) is 0 Å². The van der Waals surface area contributed by atoms with Gasteiger partial charge in [-0.25, -0.2) is 0 Å². The molecule has 0 aliphatic rings. The van der Waals surface area contributed by atoms with Gasteiger partial charge in [0, 0.05) is 5.03 Å². The fourth-order valence-corrected chi connectivity index (χ4v) is 0.516. The molecule has 0 aromatic rings. The van der Waals surface area contributed by atoms with Gasteiger partial charge in [0.05, 0.1) is 0 Å². The molecule has 0 aliphatic carbocycles. The number of rotatable bonds is 2. The molecule has 0 fully saturated rings. The summed E-state index contributed by atoms with van der Waals surface area (Å²) in [6, 6.07) is 0. The molecule has 0 unspecified atom stereocenters. The Morgan fingerprint density at radius 3 is 1.73 bits per heavy atom. The molecule has 0 spiro atoms. The van der Waals surface area contributed by atoms with Crippen LogP contribution in [0.5, 0.6) is 0 Å². The smallest absolute Gasteiger partial charge is 0.0366 e. The Labute approximate surface area is 75.3 Å². The first-order chi connectivity index (χ1) is 5.09. The van der Waals surface area contributed by atoms with Gasteiger partial charge in [0.15, 0.2) is 0 Å². The van der Waals surface area contributed by atoms with Gasteiger partial charge in [0.1, 0.15) is 0 Å². The maximum Gasteiger partial charge on any atom is 0.0366 e. The van der Waals surface area contributed by atoms with Gasteiger partial charge in [-0.1, -0.05) is 44.7 Å². The molecule has 0 radical (unpaired) electrons. The Bertz CT molecular complexity index is 164. The van der Waals surface area contributed by atoms with E-state index in [4.69, 9.17) is 11.6 Å². The van der Waals surface area contributed by atoms with Gasteiger partial charge in [-0.2, -0.15) is 0 Å². The van der Waals surface area contributed by atoms with E-state index in [1.807, 2.05) is 27.7 Å². The average Bonchev–Trinajstić information content (AvgIpc) is 2.05. The van der Waals surface area contributed by atoms with Gasteiger partial charge in [-0.15, -0.1) is 0 Å². The van der Waals surface area contributed by atoms with Crippen LogP contribution in [0.1, 0.15) is 27.7 Å². The highest BCUT2D eigenvalue weighted by Gasteiger charge is 1.93. The van der Waals surface area contributed by atoms with E-state index in [9.17, 15) is 0 Å². The van der Waals surface area contributed by atoms with Crippen LogP contribution in [0.25, 0.3) is 0 Å². The predicted octanol–water partition coefficient (Wildman–Crippen LogP) is 4.29. The number of allylic oxidation sites excluding steroid dienone is 4. The number of halogens is 1. The molecule has 0 bridgehead atoms. The first-order valence-electron chi connectivity index (χ1n) is 3.74. The molecule has 0 aromatic carbocycles. The topological polar surface area (TPSA) is 0 Å². The van der Waals surface area contributed by atoms with Crippen molar-refractivity contribution in [2.24, 2.45) is 0 Å². The molecular weight excluding hydrogens is 156 g/mol. The van der Waals surface area contributed by atoms with E-state index < -0.39 is 0 Å². The Morgan fingerprint density at radius 2 is 1.64 bits per heavy atom. The summed E-state index contributed by atoms with van der Waals surface area (Å²) in [6.45, 7) is 15.1. The summed E-state index contributed by atoms with van der Waals surface area (Å²) in [5.41, 5.74) is 2.08. The molecule has 64 valence electrons. The molecular formula is C10H17Cl. The Morgan fingerprint density at radius 1 is 1.27 bits per heavy atom. The highest BCUT2D eigenvalue weighted by Crippen LogP contribution is 2.15. The van der Waals surface area contributed by atoms with Crippen LogP contribution in [-0.2, 0) is 0 Å². The lowest BCUT2D eigenvalue weighted by molar-refractivity contribution is 1.37. The summed E-state index contributed by atoms with van der Waals surface area (Å²) in [5.74, 6) is 0. The monoisotopic (exact) mass is 172 g/mol. The maximum atomic E-state index is 5.60. The van der Waals surface area contributed by atoms with Crippen molar-refractivity contribution < 1.29 is 0 Å². The Kier molecular flexibility index (Phi) is 9.09. The third kappa shape index (κ3) is 5.93. The van der Waals surface area contributed by atoms with Crippen molar-refractivity contribution in [1.29, 1.82) is 0 Å². The summed E-state index contributed by atoms with van der Waals surface area (Å²) in [5, 5.41) is 0.590. The molecule has 0 atom stereocenters.